The molecule has 0 N–H and O–H groups in total. The number of pyridine rings is 1. The fourth-order valence-corrected chi connectivity index (χ4v) is 5.12. The van der Waals surface area contributed by atoms with Crippen LogP contribution in [0.15, 0.2) is 18.3 Å². The van der Waals surface area contributed by atoms with Gasteiger partial charge in [0.15, 0.2) is 0 Å². The van der Waals surface area contributed by atoms with E-state index in [1.54, 1.807) is 0 Å². The van der Waals surface area contributed by atoms with Crippen LogP contribution in [-0.4, -0.2) is 66.1 Å². The summed E-state index contributed by atoms with van der Waals surface area (Å²) in [5, 5.41) is 0.338. The molecule has 0 saturated carbocycles. The van der Waals surface area contributed by atoms with Gasteiger partial charge in [-0.15, -0.1) is 0 Å². The van der Waals surface area contributed by atoms with E-state index in [9.17, 15) is 22.0 Å². The molecular formula is C15H18ClF2N3O4S. The summed E-state index contributed by atoms with van der Waals surface area (Å²) in [5.41, 5.74) is 0. The van der Waals surface area contributed by atoms with Crippen LogP contribution in [0.2, 0.25) is 5.02 Å². The normalized spacial score (nSPS) is 25.7. The SMILES string of the molecule is O=C(Oc1ccc(Cl)cn1)N1CC(N2CCCCS2(=O)=O)CC(F)(F)C1. The molecular weight excluding hydrogens is 392 g/mol. The molecule has 144 valence electrons. The maximum atomic E-state index is 14.2. The van der Waals surface area contributed by atoms with E-state index in [2.05, 4.69) is 4.98 Å². The van der Waals surface area contributed by atoms with Gasteiger partial charge in [0.05, 0.1) is 17.3 Å². The van der Waals surface area contributed by atoms with Crippen LogP contribution >= 0.6 is 11.6 Å². The summed E-state index contributed by atoms with van der Waals surface area (Å²) in [6.07, 6.45) is 0.766. The predicted octanol–water partition coefficient (Wildman–Crippen LogP) is 2.37. The number of aromatic nitrogens is 1. The van der Waals surface area contributed by atoms with Crippen molar-refractivity contribution in [1.82, 2.24) is 14.2 Å². The number of carbonyl (C=O) groups is 1. The molecule has 1 unspecified atom stereocenters. The van der Waals surface area contributed by atoms with Gasteiger partial charge in [0.2, 0.25) is 15.9 Å². The summed E-state index contributed by atoms with van der Waals surface area (Å²) in [5.74, 6) is -3.34. The second-order valence-electron chi connectivity index (χ2n) is 6.41. The molecule has 2 aliphatic rings. The largest absolute Gasteiger partial charge is 0.416 e. The number of hydrogen-bond acceptors (Lipinski definition) is 5. The fraction of sp³-hybridized carbons (Fsp3) is 0.600. The van der Waals surface area contributed by atoms with Gasteiger partial charge < -0.3 is 9.64 Å². The molecule has 11 heteroatoms. The number of carbonyl (C=O) groups excluding carboxylic acids is 1. The number of alkyl halides is 2. The maximum Gasteiger partial charge on any atom is 0.416 e. The number of rotatable bonds is 2. The average molecular weight is 410 g/mol. The molecule has 0 aliphatic carbocycles. The van der Waals surface area contributed by atoms with Gasteiger partial charge in [0.25, 0.3) is 5.92 Å². The van der Waals surface area contributed by atoms with E-state index < -0.39 is 41.0 Å². The van der Waals surface area contributed by atoms with Crippen LogP contribution in [-0.2, 0) is 10.0 Å². The molecule has 2 fully saturated rings. The number of amides is 1. The van der Waals surface area contributed by atoms with Crippen molar-refractivity contribution in [3.8, 4) is 5.88 Å². The van der Waals surface area contributed by atoms with Gasteiger partial charge in [-0.25, -0.2) is 27.0 Å². The van der Waals surface area contributed by atoms with Crippen molar-refractivity contribution in [2.45, 2.75) is 31.2 Å². The Morgan fingerprint density at radius 2 is 2.12 bits per heavy atom. The predicted molar refractivity (Wildman–Crippen MR) is 89.9 cm³/mol. The topological polar surface area (TPSA) is 79.8 Å². The fourth-order valence-electron chi connectivity index (χ4n) is 3.20. The van der Waals surface area contributed by atoms with Gasteiger partial charge in [0.1, 0.15) is 0 Å². The van der Waals surface area contributed by atoms with Crippen molar-refractivity contribution in [3.05, 3.63) is 23.4 Å². The Labute approximate surface area is 154 Å². The zero-order valence-electron chi connectivity index (χ0n) is 13.8. The molecule has 0 spiro atoms. The van der Waals surface area contributed by atoms with Crippen LogP contribution in [0, 0.1) is 0 Å². The van der Waals surface area contributed by atoms with Gasteiger partial charge in [-0.3, -0.25) is 0 Å². The number of hydrogen-bond donors (Lipinski definition) is 0. The molecule has 1 aromatic rings. The molecule has 0 radical (unpaired) electrons. The number of piperidine rings is 1. The smallest absolute Gasteiger partial charge is 0.391 e. The molecule has 3 rings (SSSR count). The Hall–Kier alpha value is -1.52. The van der Waals surface area contributed by atoms with Crippen LogP contribution in [0.1, 0.15) is 19.3 Å². The van der Waals surface area contributed by atoms with Crippen molar-refractivity contribution in [3.63, 3.8) is 0 Å². The van der Waals surface area contributed by atoms with Gasteiger partial charge in [-0.1, -0.05) is 11.6 Å². The van der Waals surface area contributed by atoms with Crippen LogP contribution in [0.5, 0.6) is 5.88 Å². The number of likely N-dealkylation sites (tertiary alicyclic amines) is 1. The summed E-state index contributed by atoms with van der Waals surface area (Å²) >= 11 is 5.69. The van der Waals surface area contributed by atoms with Crippen molar-refractivity contribution < 1.29 is 26.7 Å². The molecule has 0 bridgehead atoms. The van der Waals surface area contributed by atoms with Crippen molar-refractivity contribution in [2.75, 3.05) is 25.4 Å². The lowest BCUT2D eigenvalue weighted by Gasteiger charge is -2.42. The minimum absolute atomic E-state index is 0.0613. The standard InChI is InChI=1S/C15H18ClF2N3O4S/c16-11-3-4-13(19-8-11)25-14(22)20-9-12(7-15(17,18)10-20)21-5-1-2-6-26(21,23)24/h3-4,8,12H,1-2,5-7,9-10H2. The molecule has 2 saturated heterocycles. The summed E-state index contributed by atoms with van der Waals surface area (Å²) in [7, 11) is -3.59. The quantitative estimate of drug-likeness (QED) is 0.749. The Morgan fingerprint density at radius 3 is 2.77 bits per heavy atom. The van der Waals surface area contributed by atoms with Gasteiger partial charge in [-0.05, 0) is 18.9 Å². The molecule has 1 aromatic heterocycles. The Kier molecular flexibility index (Phi) is 5.36. The minimum Gasteiger partial charge on any atom is -0.391 e. The van der Waals surface area contributed by atoms with E-state index in [0.29, 0.717) is 17.9 Å². The first kappa shape index (κ1) is 19.2. The number of sulfonamides is 1. The summed E-state index contributed by atoms with van der Waals surface area (Å²) in [6, 6.07) is 1.81. The second kappa shape index (κ2) is 7.24. The van der Waals surface area contributed by atoms with E-state index in [-0.39, 0.29) is 24.7 Å². The lowest BCUT2D eigenvalue weighted by atomic mass is 10.0. The third-order valence-electron chi connectivity index (χ3n) is 4.33. The van der Waals surface area contributed by atoms with Crippen LogP contribution in [0.3, 0.4) is 0 Å². The van der Waals surface area contributed by atoms with E-state index in [4.69, 9.17) is 16.3 Å². The number of nitrogens with zero attached hydrogens (tertiary/aromatic N) is 3. The highest BCUT2D eigenvalue weighted by Gasteiger charge is 2.47. The first-order chi connectivity index (χ1) is 12.2. The van der Waals surface area contributed by atoms with E-state index in [0.717, 1.165) is 9.21 Å². The first-order valence-electron chi connectivity index (χ1n) is 8.12. The lowest BCUT2D eigenvalue weighted by molar-refractivity contribution is -0.0771. The molecule has 1 amide bonds. The van der Waals surface area contributed by atoms with E-state index in [1.807, 2.05) is 0 Å². The molecule has 26 heavy (non-hydrogen) atoms. The van der Waals surface area contributed by atoms with Gasteiger partial charge >= 0.3 is 6.09 Å². The zero-order chi connectivity index (χ0) is 18.9. The second-order valence-corrected chi connectivity index (χ2v) is 8.89. The number of halogens is 3. The third kappa shape index (κ3) is 4.41. The molecule has 0 aromatic carbocycles. The highest BCUT2D eigenvalue weighted by Crippen LogP contribution is 2.32. The molecule has 1 atom stereocenters. The monoisotopic (exact) mass is 409 g/mol. The Balaban J connectivity index is 1.74. The highest BCUT2D eigenvalue weighted by atomic mass is 35.5. The van der Waals surface area contributed by atoms with E-state index >= 15 is 0 Å². The lowest BCUT2D eigenvalue weighted by Crippen LogP contribution is -2.59. The van der Waals surface area contributed by atoms with Crippen LogP contribution in [0.25, 0.3) is 0 Å². The van der Waals surface area contributed by atoms with Gasteiger partial charge in [-0.2, -0.15) is 4.31 Å². The van der Waals surface area contributed by atoms with Crippen LogP contribution < -0.4 is 4.74 Å². The average Bonchev–Trinajstić information content (AvgIpc) is 2.55. The number of ether oxygens (including phenoxy) is 1. The molecule has 3 heterocycles. The van der Waals surface area contributed by atoms with Crippen LogP contribution in [0.4, 0.5) is 13.6 Å². The summed E-state index contributed by atoms with van der Waals surface area (Å²) in [6.45, 7) is -0.796. The Morgan fingerprint density at radius 1 is 1.35 bits per heavy atom. The first-order valence-corrected chi connectivity index (χ1v) is 10.1. The van der Waals surface area contributed by atoms with Crippen molar-refractivity contribution in [1.29, 1.82) is 0 Å². The Bertz CT molecular complexity index is 776. The minimum atomic E-state index is -3.59. The van der Waals surface area contributed by atoms with Crippen molar-refractivity contribution >= 4 is 27.7 Å². The summed E-state index contributed by atoms with van der Waals surface area (Å²) < 4.78 is 58.9. The third-order valence-corrected chi connectivity index (χ3v) is 6.56. The zero-order valence-corrected chi connectivity index (χ0v) is 15.3. The molecule has 7 nitrogen and oxygen atoms in total. The maximum absolute atomic E-state index is 14.2. The molecule has 2 aliphatic heterocycles. The highest BCUT2D eigenvalue weighted by molar-refractivity contribution is 7.89. The van der Waals surface area contributed by atoms with Crippen molar-refractivity contribution in [2.24, 2.45) is 0 Å². The summed E-state index contributed by atoms with van der Waals surface area (Å²) in [4.78, 5) is 16.9. The van der Waals surface area contributed by atoms with E-state index in [1.165, 1.54) is 18.3 Å². The van der Waals surface area contributed by atoms with Gasteiger partial charge in [0, 0.05) is 37.8 Å².